The van der Waals surface area contributed by atoms with E-state index in [1.54, 1.807) is 6.08 Å². The molecule has 2 aliphatic rings. The highest BCUT2D eigenvalue weighted by atomic mass is 32.2. The minimum atomic E-state index is -0.836. The van der Waals surface area contributed by atoms with Crippen molar-refractivity contribution in [1.82, 2.24) is 15.2 Å². The van der Waals surface area contributed by atoms with Crippen LogP contribution in [0.5, 0.6) is 0 Å². The van der Waals surface area contributed by atoms with Crippen molar-refractivity contribution < 1.29 is 28.8 Å². The molecule has 13 heteroatoms. The number of unbranched alkanes of at least 4 members (excludes halogenated alkanes) is 3. The van der Waals surface area contributed by atoms with E-state index in [-0.39, 0.29) is 22.2 Å². The van der Waals surface area contributed by atoms with Gasteiger partial charge in [-0.2, -0.15) is 0 Å². The largest absolute Gasteiger partial charge is 0.461 e. The summed E-state index contributed by atoms with van der Waals surface area (Å²) < 4.78 is 5.32. The van der Waals surface area contributed by atoms with E-state index in [9.17, 15) is 19.2 Å². The van der Waals surface area contributed by atoms with Crippen LogP contribution in [0.15, 0.2) is 22.3 Å². The van der Waals surface area contributed by atoms with E-state index in [0.717, 1.165) is 37.0 Å². The summed E-state index contributed by atoms with van der Waals surface area (Å²) in [5, 5.41) is 10.2. The summed E-state index contributed by atoms with van der Waals surface area (Å²) in [5.41, 5.74) is 0.262. The Labute approximate surface area is 198 Å². The summed E-state index contributed by atoms with van der Waals surface area (Å²) >= 11 is 2.54. The molecule has 3 heterocycles. The number of oxime groups is 1. The number of hydrogen-bond donors (Lipinski definition) is 2. The lowest BCUT2D eigenvalue weighted by Gasteiger charge is -2.48. The average Bonchev–Trinajstić information content (AvgIpc) is 3.28. The molecule has 1 fully saturated rings. The van der Waals surface area contributed by atoms with Gasteiger partial charge in [0.05, 0.1) is 6.61 Å². The number of hydrogen-bond acceptors (Lipinski definition) is 10. The smallest absolute Gasteiger partial charge is 0.354 e. The van der Waals surface area contributed by atoms with Crippen molar-refractivity contribution in [2.75, 3.05) is 24.8 Å². The highest BCUT2D eigenvalue weighted by Gasteiger charge is 2.53. The standard InChI is InChI=1S/C20H25N5O6S2/c1-3-4-5-6-8-31-19(29)13-7-9-32-18-15(17(28)25(13)18)23-16(27)14(24-30-2)12-10-33-20(22-12)21-11-26/h7,10-11,15,18H,3-6,8-9H2,1-2H3,(H,23,27)(H,21,22,26)/t15?,18-/m1/s1. The van der Waals surface area contributed by atoms with Crippen LogP contribution >= 0.6 is 23.1 Å². The molecule has 3 rings (SSSR count). The molecule has 0 saturated carbocycles. The summed E-state index contributed by atoms with van der Waals surface area (Å²) in [5.74, 6) is -1.09. The zero-order chi connectivity index (χ0) is 23.8. The maximum absolute atomic E-state index is 12.8. The van der Waals surface area contributed by atoms with Gasteiger partial charge in [-0.25, -0.2) is 9.78 Å². The zero-order valence-electron chi connectivity index (χ0n) is 18.2. The summed E-state index contributed by atoms with van der Waals surface area (Å²) in [7, 11) is 1.28. The van der Waals surface area contributed by atoms with Crippen molar-refractivity contribution in [2.45, 2.75) is 44.0 Å². The number of thiazole rings is 1. The van der Waals surface area contributed by atoms with Crippen molar-refractivity contribution in [3.63, 3.8) is 0 Å². The number of carbonyl (C=O) groups is 4. The van der Waals surface area contributed by atoms with Gasteiger partial charge in [-0.3, -0.25) is 19.3 Å². The van der Waals surface area contributed by atoms with Gasteiger partial charge in [-0.05, 0) is 12.5 Å². The minimum absolute atomic E-state index is 0.137. The molecule has 1 saturated heterocycles. The van der Waals surface area contributed by atoms with Crippen LogP contribution in [0.4, 0.5) is 5.13 Å². The second kappa shape index (κ2) is 11.8. The topological polar surface area (TPSA) is 139 Å². The van der Waals surface area contributed by atoms with Crippen molar-refractivity contribution in [3.05, 3.63) is 22.8 Å². The Bertz CT molecular complexity index is 962. The maximum atomic E-state index is 12.8. The first-order valence-electron chi connectivity index (χ1n) is 10.4. The predicted molar refractivity (Wildman–Crippen MR) is 124 cm³/mol. The van der Waals surface area contributed by atoms with Crippen LogP contribution in [-0.2, 0) is 28.8 Å². The quantitative estimate of drug-likeness (QED) is 0.111. The van der Waals surface area contributed by atoms with E-state index in [1.165, 1.54) is 29.2 Å². The van der Waals surface area contributed by atoms with Gasteiger partial charge >= 0.3 is 5.97 Å². The van der Waals surface area contributed by atoms with Crippen LogP contribution in [0, 0.1) is 0 Å². The Balaban J connectivity index is 1.61. The van der Waals surface area contributed by atoms with Crippen LogP contribution in [0.1, 0.15) is 38.3 Å². The Hall–Kier alpha value is -2.93. The van der Waals surface area contributed by atoms with Gasteiger partial charge in [-0.1, -0.05) is 31.3 Å². The molecule has 33 heavy (non-hydrogen) atoms. The van der Waals surface area contributed by atoms with Gasteiger partial charge in [0.1, 0.15) is 29.9 Å². The van der Waals surface area contributed by atoms with E-state index in [0.29, 0.717) is 18.8 Å². The minimum Gasteiger partial charge on any atom is -0.461 e. The average molecular weight is 496 g/mol. The highest BCUT2D eigenvalue weighted by molar-refractivity contribution is 8.00. The molecule has 2 aliphatic heterocycles. The van der Waals surface area contributed by atoms with Crippen molar-refractivity contribution in [1.29, 1.82) is 0 Å². The maximum Gasteiger partial charge on any atom is 0.354 e. The van der Waals surface area contributed by atoms with Gasteiger partial charge in [-0.15, -0.1) is 23.1 Å². The first-order chi connectivity index (χ1) is 16.0. The molecule has 0 bridgehead atoms. The SMILES string of the molecule is CCCCCCOC(=O)C1=CCS[C@@H]2C(NC(=O)C(=NOC)c3csc(NC=O)n3)C(=O)N12. The molecular weight excluding hydrogens is 470 g/mol. The van der Waals surface area contributed by atoms with E-state index >= 15 is 0 Å². The number of esters is 1. The van der Waals surface area contributed by atoms with Crippen LogP contribution in [0.3, 0.4) is 0 Å². The fourth-order valence-electron chi connectivity index (χ4n) is 3.30. The second-order valence-electron chi connectivity index (χ2n) is 7.09. The van der Waals surface area contributed by atoms with Crippen LogP contribution in [0.2, 0.25) is 0 Å². The summed E-state index contributed by atoms with van der Waals surface area (Å²) in [4.78, 5) is 58.9. The predicted octanol–water partition coefficient (Wildman–Crippen LogP) is 1.47. The monoisotopic (exact) mass is 495 g/mol. The molecule has 0 spiro atoms. The van der Waals surface area contributed by atoms with Gasteiger partial charge < -0.3 is 20.2 Å². The van der Waals surface area contributed by atoms with Crippen molar-refractivity contribution >= 4 is 58.1 Å². The number of anilines is 1. The van der Waals surface area contributed by atoms with Gasteiger partial charge in [0, 0.05) is 11.1 Å². The fourth-order valence-corrected chi connectivity index (χ4v) is 5.15. The first kappa shape index (κ1) is 24.7. The number of amides is 3. The molecule has 0 radical (unpaired) electrons. The van der Waals surface area contributed by atoms with E-state index in [4.69, 9.17) is 9.57 Å². The lowest BCUT2D eigenvalue weighted by atomic mass is 10.0. The van der Waals surface area contributed by atoms with E-state index < -0.39 is 29.2 Å². The third-order valence-electron chi connectivity index (χ3n) is 4.90. The van der Waals surface area contributed by atoms with Crippen molar-refractivity contribution in [3.8, 4) is 0 Å². The zero-order valence-corrected chi connectivity index (χ0v) is 19.9. The number of rotatable bonds is 12. The third-order valence-corrected chi connectivity index (χ3v) is 6.86. The summed E-state index contributed by atoms with van der Waals surface area (Å²) in [6.45, 7) is 2.41. The van der Waals surface area contributed by atoms with Crippen LogP contribution in [-0.4, -0.2) is 70.7 Å². The molecular formula is C20H25N5O6S2. The number of ether oxygens (including phenoxy) is 1. The molecule has 0 aromatic carbocycles. The van der Waals surface area contributed by atoms with Crippen LogP contribution < -0.4 is 10.6 Å². The third kappa shape index (κ3) is 5.71. The highest BCUT2D eigenvalue weighted by Crippen LogP contribution is 2.37. The van der Waals surface area contributed by atoms with Crippen molar-refractivity contribution in [2.24, 2.45) is 5.16 Å². The Morgan fingerprint density at radius 3 is 2.91 bits per heavy atom. The summed E-state index contributed by atoms with van der Waals surface area (Å²) in [6, 6.07) is -0.836. The van der Waals surface area contributed by atoms with Gasteiger partial charge in [0.2, 0.25) is 6.41 Å². The fraction of sp³-hybridized carbons (Fsp3) is 0.500. The van der Waals surface area contributed by atoms with Gasteiger partial charge in [0.15, 0.2) is 10.8 Å². The molecule has 3 amide bonds. The number of nitrogens with one attached hydrogen (secondary N) is 2. The molecule has 2 N–H and O–H groups in total. The number of thioether (sulfide) groups is 1. The summed E-state index contributed by atoms with van der Waals surface area (Å²) in [6.07, 6.45) is 6.06. The molecule has 11 nitrogen and oxygen atoms in total. The molecule has 1 aromatic rings. The first-order valence-corrected chi connectivity index (χ1v) is 12.3. The Kier molecular flexibility index (Phi) is 8.83. The lowest BCUT2D eigenvalue weighted by molar-refractivity contribution is -0.152. The molecule has 1 aromatic heterocycles. The number of nitrogens with zero attached hydrogens (tertiary/aromatic N) is 3. The van der Waals surface area contributed by atoms with Gasteiger partial charge in [0.25, 0.3) is 11.8 Å². The Morgan fingerprint density at radius 1 is 1.36 bits per heavy atom. The van der Waals surface area contributed by atoms with E-state index in [1.807, 2.05) is 0 Å². The van der Waals surface area contributed by atoms with E-state index in [2.05, 4.69) is 27.7 Å². The number of β-lactam (4-membered cyclic amide) rings is 1. The molecule has 2 atom stereocenters. The molecule has 178 valence electrons. The number of fused-ring (bicyclic) bond motifs is 1. The van der Waals surface area contributed by atoms with Crippen LogP contribution in [0.25, 0.3) is 0 Å². The molecule has 1 unspecified atom stereocenters. The molecule has 0 aliphatic carbocycles. The number of aromatic nitrogens is 1. The number of carbonyl (C=O) groups excluding carboxylic acids is 4. The normalized spacial score (nSPS) is 19.7. The lowest BCUT2D eigenvalue weighted by Crippen LogP contribution is -2.70. The Morgan fingerprint density at radius 2 is 2.18 bits per heavy atom. The second-order valence-corrected chi connectivity index (χ2v) is 9.10.